The fourth-order valence-electron chi connectivity index (χ4n) is 3.97. The van der Waals surface area contributed by atoms with E-state index in [0.29, 0.717) is 10.3 Å². The van der Waals surface area contributed by atoms with Crippen LogP contribution in [0.4, 0.5) is 5.69 Å². The summed E-state index contributed by atoms with van der Waals surface area (Å²) in [6.07, 6.45) is 11.3. The first kappa shape index (κ1) is 22.0. The number of hydrogen-bond donors (Lipinski definition) is 2. The molecular formula is C23H24ClN5S2. The van der Waals surface area contributed by atoms with Gasteiger partial charge in [0.15, 0.2) is 10.3 Å². The number of nitrogens with zero attached hydrogens (tertiary/aromatic N) is 3. The molecule has 0 atom stereocenters. The first-order chi connectivity index (χ1) is 15.1. The van der Waals surface area contributed by atoms with E-state index in [1.165, 1.54) is 36.6 Å². The molecule has 2 heterocycles. The quantitative estimate of drug-likeness (QED) is 0.346. The number of halogens is 1. The third-order valence-corrected chi connectivity index (χ3v) is 6.93. The van der Waals surface area contributed by atoms with Gasteiger partial charge in [-0.15, -0.1) is 0 Å². The van der Waals surface area contributed by atoms with Crippen LogP contribution in [0.15, 0.2) is 71.2 Å². The number of hydrogen-bond acceptors (Lipinski definition) is 5. The van der Waals surface area contributed by atoms with E-state index < -0.39 is 0 Å². The second-order valence-electron chi connectivity index (χ2n) is 7.67. The minimum atomic E-state index is 0.0863. The SMILES string of the molecule is S=C(NCC1(c2ccc(Cl)cc2)CCCCC1)Nc1ccc(Sc2ncccn2)nc1. The molecule has 0 saturated heterocycles. The summed E-state index contributed by atoms with van der Waals surface area (Å²) < 4.78 is 0. The first-order valence-corrected chi connectivity index (χ1v) is 12.0. The molecule has 0 unspecified atom stereocenters. The van der Waals surface area contributed by atoms with Gasteiger partial charge in [0, 0.05) is 29.4 Å². The lowest BCUT2D eigenvalue weighted by atomic mass is 9.69. The molecule has 3 aromatic rings. The Morgan fingerprint density at radius 1 is 1.00 bits per heavy atom. The fraction of sp³-hybridized carbons (Fsp3) is 0.304. The molecule has 5 nitrogen and oxygen atoms in total. The maximum Gasteiger partial charge on any atom is 0.193 e. The molecular weight excluding hydrogens is 446 g/mol. The highest BCUT2D eigenvalue weighted by molar-refractivity contribution is 7.99. The standard InChI is InChI=1S/C23H24ClN5S2/c24-18-7-5-17(6-8-18)23(11-2-1-3-12-23)16-28-21(30)29-19-9-10-20(27-15-19)31-22-25-13-4-14-26-22/h4-10,13-15H,1-3,11-12,16H2,(H2,28,29,30). The Balaban J connectivity index is 1.35. The van der Waals surface area contributed by atoms with Gasteiger partial charge in [0.05, 0.1) is 11.9 Å². The van der Waals surface area contributed by atoms with Gasteiger partial charge in [-0.2, -0.15) is 0 Å². The van der Waals surface area contributed by atoms with Crippen molar-refractivity contribution >= 4 is 46.4 Å². The molecule has 0 amide bonds. The zero-order valence-electron chi connectivity index (χ0n) is 17.1. The van der Waals surface area contributed by atoms with Crippen LogP contribution in [0.3, 0.4) is 0 Å². The van der Waals surface area contributed by atoms with Gasteiger partial charge in [0.25, 0.3) is 0 Å². The zero-order valence-corrected chi connectivity index (χ0v) is 19.4. The molecule has 1 fully saturated rings. The molecule has 31 heavy (non-hydrogen) atoms. The van der Waals surface area contributed by atoms with Gasteiger partial charge < -0.3 is 10.6 Å². The third-order valence-electron chi connectivity index (χ3n) is 5.59. The van der Waals surface area contributed by atoms with E-state index in [1.807, 2.05) is 24.3 Å². The predicted octanol–water partition coefficient (Wildman–Crippen LogP) is 5.86. The molecule has 1 aliphatic rings. The van der Waals surface area contributed by atoms with Crippen LogP contribution in [0.1, 0.15) is 37.7 Å². The zero-order chi connectivity index (χ0) is 21.5. The van der Waals surface area contributed by atoms with Gasteiger partial charge in [-0.1, -0.05) is 43.0 Å². The highest BCUT2D eigenvalue weighted by Crippen LogP contribution is 2.39. The second-order valence-corrected chi connectivity index (χ2v) is 9.51. The smallest absolute Gasteiger partial charge is 0.193 e. The number of rotatable bonds is 6. The van der Waals surface area contributed by atoms with Crippen LogP contribution in [0.2, 0.25) is 5.02 Å². The van der Waals surface area contributed by atoms with Crippen molar-refractivity contribution in [2.75, 3.05) is 11.9 Å². The summed E-state index contributed by atoms with van der Waals surface area (Å²) in [5, 5.41) is 9.57. The Labute approximate surface area is 197 Å². The number of anilines is 1. The predicted molar refractivity (Wildman–Crippen MR) is 131 cm³/mol. The average molecular weight is 470 g/mol. The van der Waals surface area contributed by atoms with E-state index in [9.17, 15) is 0 Å². The van der Waals surface area contributed by atoms with Gasteiger partial charge in [0.1, 0.15) is 5.03 Å². The summed E-state index contributed by atoms with van der Waals surface area (Å²) in [6.45, 7) is 0.799. The minimum absolute atomic E-state index is 0.0863. The molecule has 160 valence electrons. The van der Waals surface area contributed by atoms with Gasteiger partial charge >= 0.3 is 0 Å². The van der Waals surface area contributed by atoms with Crippen molar-refractivity contribution < 1.29 is 0 Å². The summed E-state index contributed by atoms with van der Waals surface area (Å²) in [6, 6.07) is 14.0. The van der Waals surface area contributed by atoms with Gasteiger partial charge in [-0.25, -0.2) is 15.0 Å². The van der Waals surface area contributed by atoms with Crippen LogP contribution in [-0.4, -0.2) is 26.6 Å². The van der Waals surface area contributed by atoms with E-state index in [2.05, 4.69) is 37.7 Å². The average Bonchev–Trinajstić information content (AvgIpc) is 2.81. The van der Waals surface area contributed by atoms with Crippen molar-refractivity contribution in [3.05, 3.63) is 71.6 Å². The summed E-state index contributed by atoms with van der Waals surface area (Å²) in [4.78, 5) is 12.9. The monoisotopic (exact) mass is 469 g/mol. The summed E-state index contributed by atoms with van der Waals surface area (Å²) >= 11 is 13.1. The molecule has 2 N–H and O–H groups in total. The van der Waals surface area contributed by atoms with Crippen molar-refractivity contribution in [3.8, 4) is 0 Å². The van der Waals surface area contributed by atoms with Crippen molar-refractivity contribution in [1.82, 2.24) is 20.3 Å². The van der Waals surface area contributed by atoms with Crippen molar-refractivity contribution in [2.45, 2.75) is 47.7 Å². The minimum Gasteiger partial charge on any atom is -0.362 e. The number of pyridine rings is 1. The van der Waals surface area contributed by atoms with Crippen LogP contribution >= 0.6 is 35.6 Å². The molecule has 8 heteroatoms. The fourth-order valence-corrected chi connectivity index (χ4v) is 4.94. The van der Waals surface area contributed by atoms with E-state index >= 15 is 0 Å². The molecule has 2 aromatic heterocycles. The van der Waals surface area contributed by atoms with Crippen molar-refractivity contribution in [2.24, 2.45) is 0 Å². The summed E-state index contributed by atoms with van der Waals surface area (Å²) in [7, 11) is 0. The van der Waals surface area contributed by atoms with Crippen LogP contribution in [0, 0.1) is 0 Å². The summed E-state index contributed by atoms with van der Waals surface area (Å²) in [5.74, 6) is 0. The molecule has 1 saturated carbocycles. The Morgan fingerprint density at radius 2 is 1.74 bits per heavy atom. The highest BCUT2D eigenvalue weighted by Gasteiger charge is 2.33. The Bertz CT molecular complexity index is 991. The molecule has 0 aliphatic heterocycles. The number of thiocarbonyl (C=S) groups is 1. The molecule has 0 spiro atoms. The Morgan fingerprint density at radius 3 is 2.42 bits per heavy atom. The highest BCUT2D eigenvalue weighted by atomic mass is 35.5. The van der Waals surface area contributed by atoms with Crippen LogP contribution in [0.25, 0.3) is 0 Å². The maximum absolute atomic E-state index is 6.11. The number of nitrogens with one attached hydrogen (secondary N) is 2. The summed E-state index contributed by atoms with van der Waals surface area (Å²) in [5.41, 5.74) is 2.27. The van der Waals surface area contributed by atoms with Crippen molar-refractivity contribution in [3.63, 3.8) is 0 Å². The van der Waals surface area contributed by atoms with E-state index in [1.54, 1.807) is 24.7 Å². The normalized spacial score (nSPS) is 15.3. The van der Waals surface area contributed by atoms with Crippen molar-refractivity contribution in [1.29, 1.82) is 0 Å². The van der Waals surface area contributed by atoms with Gasteiger partial charge in [0.2, 0.25) is 0 Å². The Kier molecular flexibility index (Phi) is 7.37. The molecule has 1 aromatic carbocycles. The lowest BCUT2D eigenvalue weighted by Gasteiger charge is -2.38. The topological polar surface area (TPSA) is 62.7 Å². The van der Waals surface area contributed by atoms with Crippen LogP contribution in [0.5, 0.6) is 0 Å². The second kappa shape index (κ2) is 10.4. The van der Waals surface area contributed by atoms with E-state index in [0.717, 1.165) is 35.1 Å². The van der Waals surface area contributed by atoms with E-state index in [-0.39, 0.29) is 5.41 Å². The molecule has 0 bridgehead atoms. The van der Waals surface area contributed by atoms with Crippen LogP contribution in [-0.2, 0) is 5.41 Å². The Hall–Kier alpha value is -2.22. The number of benzene rings is 1. The lowest BCUT2D eigenvalue weighted by molar-refractivity contribution is 0.292. The molecule has 0 radical (unpaired) electrons. The lowest BCUT2D eigenvalue weighted by Crippen LogP contribution is -2.43. The molecule has 4 rings (SSSR count). The number of aromatic nitrogens is 3. The third kappa shape index (κ3) is 5.93. The van der Waals surface area contributed by atoms with Crippen LogP contribution < -0.4 is 10.6 Å². The molecule has 1 aliphatic carbocycles. The first-order valence-electron chi connectivity index (χ1n) is 10.3. The van der Waals surface area contributed by atoms with Gasteiger partial charge in [-0.05, 0) is 72.7 Å². The van der Waals surface area contributed by atoms with E-state index in [4.69, 9.17) is 23.8 Å². The van der Waals surface area contributed by atoms with Gasteiger partial charge in [-0.3, -0.25) is 0 Å². The largest absolute Gasteiger partial charge is 0.362 e. The maximum atomic E-state index is 6.11.